The summed E-state index contributed by atoms with van der Waals surface area (Å²) in [5.41, 5.74) is 0. The van der Waals surface area contributed by atoms with Gasteiger partial charge in [0, 0.05) is 19.7 Å². The number of aliphatic carboxylic acids is 1. The third kappa shape index (κ3) is 4.23. The molecule has 5 heteroatoms. The average Bonchev–Trinajstić information content (AvgIpc) is 2.04. The van der Waals surface area contributed by atoms with Crippen molar-refractivity contribution in [3.63, 3.8) is 0 Å². The van der Waals surface area contributed by atoms with Crippen molar-refractivity contribution < 1.29 is 19.4 Å². The van der Waals surface area contributed by atoms with Gasteiger partial charge in [0.1, 0.15) is 6.61 Å². The van der Waals surface area contributed by atoms with Gasteiger partial charge in [0.2, 0.25) is 5.91 Å². The number of amides is 1. The lowest BCUT2D eigenvalue weighted by atomic mass is 10.2. The number of methoxy groups -OCH3 is 1. The summed E-state index contributed by atoms with van der Waals surface area (Å²) >= 11 is 0. The second-order valence-electron chi connectivity index (χ2n) is 3.06. The molecule has 0 rings (SSSR count). The highest BCUT2D eigenvalue weighted by Gasteiger charge is 2.19. The molecule has 0 heterocycles. The van der Waals surface area contributed by atoms with Crippen LogP contribution >= 0.6 is 0 Å². The number of nitrogens with zero attached hydrogens (tertiary/aromatic N) is 1. The Balaban J connectivity index is 4.23. The Labute approximate surface area is 83.6 Å². The molecule has 5 nitrogen and oxygen atoms in total. The predicted molar refractivity (Wildman–Crippen MR) is 51.0 cm³/mol. The van der Waals surface area contributed by atoms with Crippen LogP contribution in [-0.2, 0) is 14.3 Å². The molecule has 0 aromatic heterocycles. The zero-order valence-electron chi connectivity index (χ0n) is 8.82. The monoisotopic (exact) mass is 203 g/mol. The standard InChI is InChI=1S/C9H17NO4/c1-4-10(8(11)6-14-3)7(2)5-9(12)13/h7H,4-6H2,1-3H3,(H,12,13). The summed E-state index contributed by atoms with van der Waals surface area (Å²) in [6, 6.07) is -0.292. The molecule has 0 saturated heterocycles. The highest BCUT2D eigenvalue weighted by molar-refractivity contribution is 5.78. The molecule has 1 unspecified atom stereocenters. The second kappa shape index (κ2) is 6.37. The smallest absolute Gasteiger partial charge is 0.305 e. The summed E-state index contributed by atoms with van der Waals surface area (Å²) in [6.07, 6.45) is -0.0384. The molecule has 14 heavy (non-hydrogen) atoms. The molecule has 0 fully saturated rings. The van der Waals surface area contributed by atoms with Crippen LogP contribution in [0.1, 0.15) is 20.3 Å². The molecule has 0 radical (unpaired) electrons. The van der Waals surface area contributed by atoms with Crippen molar-refractivity contribution >= 4 is 11.9 Å². The molecule has 0 aromatic rings. The van der Waals surface area contributed by atoms with Crippen LogP contribution in [0.15, 0.2) is 0 Å². The molecule has 0 bridgehead atoms. The van der Waals surface area contributed by atoms with E-state index in [0.29, 0.717) is 6.54 Å². The Morgan fingerprint density at radius 3 is 2.43 bits per heavy atom. The Bertz CT molecular complexity index is 205. The van der Waals surface area contributed by atoms with Crippen LogP contribution in [-0.4, -0.2) is 48.2 Å². The van der Waals surface area contributed by atoms with Gasteiger partial charge in [-0.25, -0.2) is 0 Å². The zero-order chi connectivity index (χ0) is 11.1. The molecule has 0 spiro atoms. The van der Waals surface area contributed by atoms with Gasteiger partial charge in [0.25, 0.3) is 0 Å². The van der Waals surface area contributed by atoms with Crippen molar-refractivity contribution in [1.29, 1.82) is 0 Å². The summed E-state index contributed by atoms with van der Waals surface area (Å²) in [5, 5.41) is 8.57. The SMILES string of the molecule is CCN(C(=O)COC)C(C)CC(=O)O. The van der Waals surface area contributed by atoms with Crippen LogP contribution in [0.3, 0.4) is 0 Å². The number of rotatable bonds is 6. The van der Waals surface area contributed by atoms with Gasteiger partial charge in [-0.15, -0.1) is 0 Å². The average molecular weight is 203 g/mol. The van der Waals surface area contributed by atoms with Crippen molar-refractivity contribution in [2.75, 3.05) is 20.3 Å². The third-order valence-electron chi connectivity index (χ3n) is 1.93. The molecular formula is C9H17NO4. The van der Waals surface area contributed by atoms with Crippen LogP contribution in [0.2, 0.25) is 0 Å². The fraction of sp³-hybridized carbons (Fsp3) is 0.778. The summed E-state index contributed by atoms with van der Waals surface area (Å²) < 4.78 is 4.70. The van der Waals surface area contributed by atoms with Crippen LogP contribution in [0, 0.1) is 0 Å². The normalized spacial score (nSPS) is 12.2. The first kappa shape index (κ1) is 12.9. The van der Waals surface area contributed by atoms with Gasteiger partial charge in [0.05, 0.1) is 6.42 Å². The molecule has 1 atom stereocenters. The first-order valence-electron chi connectivity index (χ1n) is 4.53. The van der Waals surface area contributed by atoms with E-state index in [1.165, 1.54) is 12.0 Å². The van der Waals surface area contributed by atoms with E-state index in [-0.39, 0.29) is 25.0 Å². The Morgan fingerprint density at radius 1 is 1.50 bits per heavy atom. The van der Waals surface area contributed by atoms with E-state index >= 15 is 0 Å². The first-order valence-corrected chi connectivity index (χ1v) is 4.53. The maximum atomic E-state index is 11.4. The summed E-state index contributed by atoms with van der Waals surface area (Å²) in [7, 11) is 1.44. The molecule has 1 N–H and O–H groups in total. The number of likely N-dealkylation sites (N-methyl/N-ethyl adjacent to an activating group) is 1. The molecule has 0 aliphatic heterocycles. The van der Waals surface area contributed by atoms with Crippen LogP contribution in [0.5, 0.6) is 0 Å². The number of carbonyl (C=O) groups is 2. The highest BCUT2D eigenvalue weighted by atomic mass is 16.5. The quantitative estimate of drug-likeness (QED) is 0.676. The minimum Gasteiger partial charge on any atom is -0.481 e. The van der Waals surface area contributed by atoms with E-state index < -0.39 is 5.97 Å². The lowest BCUT2D eigenvalue weighted by molar-refractivity contribution is -0.141. The number of carboxylic acid groups (broad SMARTS) is 1. The van der Waals surface area contributed by atoms with Gasteiger partial charge in [-0.1, -0.05) is 0 Å². The van der Waals surface area contributed by atoms with Crippen molar-refractivity contribution in [3.05, 3.63) is 0 Å². The highest BCUT2D eigenvalue weighted by Crippen LogP contribution is 2.04. The van der Waals surface area contributed by atoms with Gasteiger partial charge < -0.3 is 14.7 Å². The second-order valence-corrected chi connectivity index (χ2v) is 3.06. The Hall–Kier alpha value is -1.10. The van der Waals surface area contributed by atoms with Gasteiger partial charge in [-0.3, -0.25) is 9.59 Å². The van der Waals surface area contributed by atoms with Gasteiger partial charge >= 0.3 is 5.97 Å². The summed E-state index contributed by atoms with van der Waals surface area (Å²) in [4.78, 5) is 23.3. The van der Waals surface area contributed by atoms with E-state index in [2.05, 4.69) is 0 Å². The number of hydrogen-bond acceptors (Lipinski definition) is 3. The van der Waals surface area contributed by atoms with Crippen LogP contribution in [0.4, 0.5) is 0 Å². The predicted octanol–water partition coefficient (Wildman–Crippen LogP) is 0.344. The Kier molecular flexibility index (Phi) is 5.87. The summed E-state index contributed by atoms with van der Waals surface area (Å²) in [5.74, 6) is -1.08. The van der Waals surface area contributed by atoms with E-state index in [9.17, 15) is 9.59 Å². The zero-order valence-corrected chi connectivity index (χ0v) is 8.82. The Morgan fingerprint density at radius 2 is 2.07 bits per heavy atom. The minimum atomic E-state index is -0.902. The molecule has 0 saturated carbocycles. The first-order chi connectivity index (χ1) is 6.52. The van der Waals surface area contributed by atoms with E-state index in [0.717, 1.165) is 0 Å². The molecular weight excluding hydrogens is 186 g/mol. The topological polar surface area (TPSA) is 66.8 Å². The fourth-order valence-electron chi connectivity index (χ4n) is 1.30. The van der Waals surface area contributed by atoms with Crippen molar-refractivity contribution in [1.82, 2.24) is 4.90 Å². The lowest BCUT2D eigenvalue weighted by Gasteiger charge is -2.26. The molecule has 0 aliphatic carbocycles. The van der Waals surface area contributed by atoms with Crippen LogP contribution in [0.25, 0.3) is 0 Å². The number of hydrogen-bond donors (Lipinski definition) is 1. The van der Waals surface area contributed by atoms with Gasteiger partial charge in [0.15, 0.2) is 0 Å². The fourth-order valence-corrected chi connectivity index (χ4v) is 1.30. The molecule has 0 aromatic carbocycles. The van der Waals surface area contributed by atoms with Crippen molar-refractivity contribution in [2.45, 2.75) is 26.3 Å². The molecule has 0 aliphatic rings. The van der Waals surface area contributed by atoms with Crippen molar-refractivity contribution in [2.24, 2.45) is 0 Å². The van der Waals surface area contributed by atoms with Crippen LogP contribution < -0.4 is 0 Å². The molecule has 1 amide bonds. The maximum absolute atomic E-state index is 11.4. The van der Waals surface area contributed by atoms with Crippen molar-refractivity contribution in [3.8, 4) is 0 Å². The maximum Gasteiger partial charge on any atom is 0.305 e. The number of carbonyl (C=O) groups excluding carboxylic acids is 1. The van der Waals surface area contributed by atoms with E-state index in [1.54, 1.807) is 6.92 Å². The molecule has 82 valence electrons. The lowest BCUT2D eigenvalue weighted by Crippen LogP contribution is -2.41. The largest absolute Gasteiger partial charge is 0.481 e. The summed E-state index contributed by atoms with van der Waals surface area (Å²) in [6.45, 7) is 4.02. The third-order valence-corrected chi connectivity index (χ3v) is 1.93. The minimum absolute atomic E-state index is 0.00218. The number of carboxylic acids is 1. The van der Waals surface area contributed by atoms with E-state index in [4.69, 9.17) is 9.84 Å². The van der Waals surface area contributed by atoms with Gasteiger partial charge in [-0.2, -0.15) is 0 Å². The number of ether oxygens (including phenoxy) is 1. The van der Waals surface area contributed by atoms with E-state index in [1.807, 2.05) is 6.92 Å². The van der Waals surface area contributed by atoms with Gasteiger partial charge in [-0.05, 0) is 13.8 Å².